The third-order valence-corrected chi connectivity index (χ3v) is 3.09. The maximum atomic E-state index is 11.9. The highest BCUT2D eigenvalue weighted by molar-refractivity contribution is 6.34. The molecular formula is C17H22ClNO5. The summed E-state index contributed by atoms with van der Waals surface area (Å²) in [7, 11) is 0. The van der Waals surface area contributed by atoms with Crippen molar-refractivity contribution in [1.82, 2.24) is 5.32 Å². The largest absolute Gasteiger partial charge is 0.457 e. The molecule has 0 saturated carbocycles. The zero-order chi connectivity index (χ0) is 18.2. The first-order valence-electron chi connectivity index (χ1n) is 7.59. The zero-order valence-electron chi connectivity index (χ0n) is 14.1. The molecule has 1 aromatic rings. The molecule has 0 bridgehead atoms. The number of carbonyl (C=O) groups is 3. The monoisotopic (exact) mass is 355 g/mol. The Bertz CT molecular complexity index is 595. The smallest absolute Gasteiger partial charge is 0.407 e. The van der Waals surface area contributed by atoms with Crippen LogP contribution in [0.4, 0.5) is 4.79 Å². The van der Waals surface area contributed by atoms with E-state index in [4.69, 9.17) is 21.1 Å². The SMILES string of the molecule is CC(C)(C)OC(=O)NCCCC(=O)OCC(=O)c1ccccc1Cl. The van der Waals surface area contributed by atoms with Crippen LogP contribution in [-0.4, -0.2) is 36.6 Å². The van der Waals surface area contributed by atoms with E-state index in [0.29, 0.717) is 17.0 Å². The van der Waals surface area contributed by atoms with Gasteiger partial charge in [-0.2, -0.15) is 0 Å². The summed E-state index contributed by atoms with van der Waals surface area (Å²) in [5.74, 6) is -0.873. The fourth-order valence-electron chi connectivity index (χ4n) is 1.72. The highest BCUT2D eigenvalue weighted by Crippen LogP contribution is 2.15. The van der Waals surface area contributed by atoms with Gasteiger partial charge in [-0.1, -0.05) is 23.7 Å². The minimum atomic E-state index is -0.567. The molecule has 0 aliphatic rings. The molecule has 0 saturated heterocycles. The van der Waals surface area contributed by atoms with Crippen molar-refractivity contribution in [1.29, 1.82) is 0 Å². The van der Waals surface area contributed by atoms with Crippen LogP contribution < -0.4 is 5.32 Å². The van der Waals surface area contributed by atoms with E-state index in [-0.39, 0.29) is 25.4 Å². The molecule has 6 nitrogen and oxygen atoms in total. The van der Waals surface area contributed by atoms with Gasteiger partial charge in [0.05, 0.1) is 5.02 Å². The number of alkyl carbamates (subject to hydrolysis) is 1. The minimum Gasteiger partial charge on any atom is -0.457 e. The van der Waals surface area contributed by atoms with Gasteiger partial charge in [-0.3, -0.25) is 9.59 Å². The quantitative estimate of drug-likeness (QED) is 0.460. The van der Waals surface area contributed by atoms with Crippen molar-refractivity contribution in [3.63, 3.8) is 0 Å². The fraction of sp³-hybridized carbons (Fsp3) is 0.471. The number of Topliss-reactive ketones (excluding diaryl/α,β-unsaturated/α-hetero) is 1. The first-order chi connectivity index (χ1) is 11.2. The van der Waals surface area contributed by atoms with Crippen molar-refractivity contribution in [3.05, 3.63) is 34.9 Å². The molecule has 0 heterocycles. The van der Waals surface area contributed by atoms with Crippen molar-refractivity contribution >= 4 is 29.4 Å². The number of benzene rings is 1. The first kappa shape index (κ1) is 20.0. The highest BCUT2D eigenvalue weighted by Gasteiger charge is 2.16. The summed E-state index contributed by atoms with van der Waals surface area (Å²) >= 11 is 5.90. The predicted molar refractivity (Wildman–Crippen MR) is 90.2 cm³/mol. The van der Waals surface area contributed by atoms with E-state index < -0.39 is 17.7 Å². The highest BCUT2D eigenvalue weighted by atomic mass is 35.5. The number of hydrogen-bond donors (Lipinski definition) is 1. The van der Waals surface area contributed by atoms with E-state index in [1.807, 2.05) is 0 Å². The maximum absolute atomic E-state index is 11.9. The van der Waals surface area contributed by atoms with Gasteiger partial charge in [0, 0.05) is 18.5 Å². The van der Waals surface area contributed by atoms with Gasteiger partial charge in [0.15, 0.2) is 6.61 Å². The van der Waals surface area contributed by atoms with E-state index in [0.717, 1.165) is 0 Å². The van der Waals surface area contributed by atoms with Crippen molar-refractivity contribution in [3.8, 4) is 0 Å². The molecule has 0 spiro atoms. The Morgan fingerprint density at radius 3 is 2.46 bits per heavy atom. The van der Waals surface area contributed by atoms with Crippen LogP contribution in [-0.2, 0) is 14.3 Å². The van der Waals surface area contributed by atoms with Crippen LogP contribution in [0.15, 0.2) is 24.3 Å². The normalized spacial score (nSPS) is 10.8. The fourth-order valence-corrected chi connectivity index (χ4v) is 1.96. The lowest BCUT2D eigenvalue weighted by atomic mass is 10.1. The molecule has 1 amide bonds. The molecule has 0 unspecified atom stereocenters. The van der Waals surface area contributed by atoms with E-state index in [9.17, 15) is 14.4 Å². The number of amides is 1. The van der Waals surface area contributed by atoms with Crippen molar-refractivity contribution in [2.24, 2.45) is 0 Å². The number of ether oxygens (including phenoxy) is 2. The molecule has 0 fully saturated rings. The summed E-state index contributed by atoms with van der Waals surface area (Å²) in [4.78, 5) is 34.9. The lowest BCUT2D eigenvalue weighted by Gasteiger charge is -2.19. The number of ketones is 1. The average Bonchev–Trinajstić information content (AvgIpc) is 2.48. The third-order valence-electron chi connectivity index (χ3n) is 2.76. The maximum Gasteiger partial charge on any atom is 0.407 e. The lowest BCUT2D eigenvalue weighted by Crippen LogP contribution is -2.33. The van der Waals surface area contributed by atoms with Crippen LogP contribution in [0.5, 0.6) is 0 Å². The number of carbonyl (C=O) groups excluding carboxylic acids is 3. The number of nitrogens with one attached hydrogen (secondary N) is 1. The van der Waals surface area contributed by atoms with Gasteiger partial charge < -0.3 is 14.8 Å². The van der Waals surface area contributed by atoms with Crippen molar-refractivity contribution in [2.45, 2.75) is 39.2 Å². The molecule has 0 radical (unpaired) electrons. The van der Waals surface area contributed by atoms with E-state index in [2.05, 4.69) is 5.32 Å². The second kappa shape index (κ2) is 9.27. The van der Waals surface area contributed by atoms with E-state index >= 15 is 0 Å². The molecule has 132 valence electrons. The van der Waals surface area contributed by atoms with Gasteiger partial charge in [-0.05, 0) is 39.3 Å². The van der Waals surface area contributed by atoms with Crippen molar-refractivity contribution in [2.75, 3.05) is 13.2 Å². The second-order valence-electron chi connectivity index (χ2n) is 6.10. The number of esters is 1. The van der Waals surface area contributed by atoms with E-state index in [1.165, 1.54) is 0 Å². The molecule has 0 aromatic heterocycles. The summed E-state index contributed by atoms with van der Waals surface area (Å²) in [5.41, 5.74) is -0.249. The van der Waals surface area contributed by atoms with Crippen LogP contribution in [0, 0.1) is 0 Å². The lowest BCUT2D eigenvalue weighted by molar-refractivity contribution is -0.142. The van der Waals surface area contributed by atoms with Crippen LogP contribution >= 0.6 is 11.6 Å². The number of hydrogen-bond acceptors (Lipinski definition) is 5. The molecule has 1 aromatic carbocycles. The molecule has 1 N–H and O–H groups in total. The van der Waals surface area contributed by atoms with Crippen LogP contribution in [0.2, 0.25) is 5.02 Å². The average molecular weight is 356 g/mol. The topological polar surface area (TPSA) is 81.7 Å². The molecular weight excluding hydrogens is 334 g/mol. The first-order valence-corrected chi connectivity index (χ1v) is 7.97. The summed E-state index contributed by atoms with van der Waals surface area (Å²) in [5, 5.41) is 2.86. The molecule has 0 aliphatic carbocycles. The third kappa shape index (κ3) is 7.97. The van der Waals surface area contributed by atoms with Gasteiger partial charge in [0.2, 0.25) is 5.78 Å². The van der Waals surface area contributed by atoms with Gasteiger partial charge in [0.1, 0.15) is 5.60 Å². The Labute approximate surface area is 146 Å². The van der Waals surface area contributed by atoms with Crippen LogP contribution in [0.3, 0.4) is 0 Å². The minimum absolute atomic E-state index is 0.0889. The molecule has 0 atom stereocenters. The van der Waals surface area contributed by atoms with Gasteiger partial charge in [-0.25, -0.2) is 4.79 Å². The summed E-state index contributed by atoms with van der Waals surface area (Å²) in [6.07, 6.45) is -0.0611. The van der Waals surface area contributed by atoms with Gasteiger partial charge in [0.25, 0.3) is 0 Å². The number of rotatable bonds is 7. The van der Waals surface area contributed by atoms with E-state index in [1.54, 1.807) is 45.0 Å². The van der Waals surface area contributed by atoms with Crippen LogP contribution in [0.25, 0.3) is 0 Å². The Balaban J connectivity index is 2.22. The molecule has 24 heavy (non-hydrogen) atoms. The van der Waals surface area contributed by atoms with Crippen LogP contribution in [0.1, 0.15) is 44.0 Å². The number of halogens is 1. The Kier molecular flexibility index (Phi) is 7.71. The van der Waals surface area contributed by atoms with Gasteiger partial charge in [-0.15, -0.1) is 0 Å². The standard InChI is InChI=1S/C17H22ClNO5/c1-17(2,3)24-16(22)19-10-6-9-15(21)23-11-14(20)12-7-4-5-8-13(12)18/h4-5,7-8H,6,9-11H2,1-3H3,(H,19,22). The zero-order valence-corrected chi connectivity index (χ0v) is 14.8. The Morgan fingerprint density at radius 1 is 1.17 bits per heavy atom. The summed E-state index contributed by atoms with van der Waals surface area (Å²) in [6, 6.07) is 6.56. The summed E-state index contributed by atoms with van der Waals surface area (Å²) in [6.45, 7) is 5.21. The van der Waals surface area contributed by atoms with Gasteiger partial charge >= 0.3 is 12.1 Å². The molecule has 7 heteroatoms. The Morgan fingerprint density at radius 2 is 1.83 bits per heavy atom. The second-order valence-corrected chi connectivity index (χ2v) is 6.50. The Hall–Kier alpha value is -2.08. The van der Waals surface area contributed by atoms with Crippen molar-refractivity contribution < 1.29 is 23.9 Å². The molecule has 0 aliphatic heterocycles. The molecule has 1 rings (SSSR count). The summed E-state index contributed by atoms with van der Waals surface area (Å²) < 4.78 is 9.97. The predicted octanol–water partition coefficient (Wildman–Crippen LogP) is 3.37.